The van der Waals surface area contributed by atoms with E-state index in [2.05, 4.69) is 49.6 Å². The smallest absolute Gasteiger partial charge is 0.242 e. The van der Waals surface area contributed by atoms with E-state index in [9.17, 15) is 4.79 Å². The second kappa shape index (κ2) is 7.17. The highest BCUT2D eigenvalue weighted by Crippen LogP contribution is 2.17. The second-order valence-corrected chi connectivity index (χ2v) is 5.21. The molecule has 3 nitrogen and oxygen atoms in total. The molecule has 0 radical (unpaired) electrons. The fourth-order valence-corrected chi connectivity index (χ4v) is 2.01. The lowest BCUT2D eigenvalue weighted by molar-refractivity contribution is -0.122. The number of hydrogen-bond acceptors (Lipinski definition) is 2. The molecule has 0 aliphatic heterocycles. The molecule has 19 heavy (non-hydrogen) atoms. The highest BCUT2D eigenvalue weighted by atomic mass is 16.2. The summed E-state index contributed by atoms with van der Waals surface area (Å²) in [4.78, 5) is 12.1. The lowest BCUT2D eigenvalue weighted by Crippen LogP contribution is -2.42. The van der Waals surface area contributed by atoms with Crippen LogP contribution in [0.5, 0.6) is 0 Å². The zero-order chi connectivity index (χ0) is 14.4. The molecule has 1 aromatic carbocycles. The van der Waals surface area contributed by atoms with Crippen LogP contribution in [0, 0.1) is 13.8 Å². The normalized spacial score (nSPS) is 12.3. The molecule has 2 N–H and O–H groups in total. The molecule has 0 saturated carbocycles. The van der Waals surface area contributed by atoms with Gasteiger partial charge in [0, 0.05) is 11.7 Å². The fraction of sp³-hybridized carbons (Fsp3) is 0.562. The fourth-order valence-electron chi connectivity index (χ4n) is 2.01. The molecule has 0 bridgehead atoms. The third-order valence-corrected chi connectivity index (χ3v) is 3.49. The van der Waals surface area contributed by atoms with Crippen molar-refractivity contribution in [2.75, 3.05) is 5.32 Å². The highest BCUT2D eigenvalue weighted by molar-refractivity contribution is 5.84. The standard InChI is InChI=1S/C16H26N2O/c1-6-14(7-2)18-16(19)13(5)17-15-10-11(3)8-9-12(15)4/h8-10,13-14,17H,6-7H2,1-5H3,(H,18,19). The third-order valence-electron chi connectivity index (χ3n) is 3.49. The molecule has 0 heterocycles. The van der Waals surface area contributed by atoms with E-state index in [4.69, 9.17) is 0 Å². The van der Waals surface area contributed by atoms with Crippen molar-refractivity contribution in [2.24, 2.45) is 0 Å². The van der Waals surface area contributed by atoms with E-state index in [1.165, 1.54) is 5.56 Å². The van der Waals surface area contributed by atoms with Gasteiger partial charge < -0.3 is 10.6 Å². The van der Waals surface area contributed by atoms with Crippen LogP contribution < -0.4 is 10.6 Å². The number of rotatable bonds is 6. The molecule has 1 unspecified atom stereocenters. The van der Waals surface area contributed by atoms with Crippen LogP contribution in [0.4, 0.5) is 5.69 Å². The molecule has 106 valence electrons. The molecule has 0 spiro atoms. The van der Waals surface area contributed by atoms with Crippen LogP contribution in [-0.4, -0.2) is 18.0 Å². The Labute approximate surface area is 116 Å². The average Bonchev–Trinajstić information content (AvgIpc) is 2.39. The molecule has 0 aromatic heterocycles. The maximum atomic E-state index is 12.1. The molecule has 1 rings (SSSR count). The van der Waals surface area contributed by atoms with Gasteiger partial charge in [-0.25, -0.2) is 0 Å². The Morgan fingerprint density at radius 2 is 1.84 bits per heavy atom. The maximum absolute atomic E-state index is 12.1. The summed E-state index contributed by atoms with van der Waals surface area (Å²) in [5.41, 5.74) is 3.39. The first-order valence-corrected chi connectivity index (χ1v) is 7.12. The first kappa shape index (κ1) is 15.5. The predicted molar refractivity (Wildman–Crippen MR) is 81.5 cm³/mol. The minimum atomic E-state index is -0.221. The number of amides is 1. The van der Waals surface area contributed by atoms with Gasteiger partial charge in [0.25, 0.3) is 0 Å². The topological polar surface area (TPSA) is 41.1 Å². The summed E-state index contributed by atoms with van der Waals surface area (Å²) in [5.74, 6) is 0.0645. The number of benzene rings is 1. The Kier molecular flexibility index (Phi) is 5.87. The van der Waals surface area contributed by atoms with Crippen molar-refractivity contribution in [3.05, 3.63) is 29.3 Å². The summed E-state index contributed by atoms with van der Waals surface area (Å²) >= 11 is 0. The SMILES string of the molecule is CCC(CC)NC(=O)C(C)Nc1cc(C)ccc1C. The van der Waals surface area contributed by atoms with Crippen molar-refractivity contribution in [1.82, 2.24) is 5.32 Å². The van der Waals surface area contributed by atoms with E-state index in [1.54, 1.807) is 0 Å². The van der Waals surface area contributed by atoms with Crippen molar-refractivity contribution in [3.63, 3.8) is 0 Å². The maximum Gasteiger partial charge on any atom is 0.242 e. The minimum Gasteiger partial charge on any atom is -0.374 e. The van der Waals surface area contributed by atoms with Crippen LogP contribution in [0.15, 0.2) is 18.2 Å². The van der Waals surface area contributed by atoms with E-state index in [0.717, 1.165) is 24.1 Å². The van der Waals surface area contributed by atoms with Gasteiger partial charge in [-0.15, -0.1) is 0 Å². The zero-order valence-corrected chi connectivity index (χ0v) is 12.7. The Hall–Kier alpha value is -1.51. The van der Waals surface area contributed by atoms with Crippen molar-refractivity contribution in [2.45, 2.75) is 59.5 Å². The zero-order valence-electron chi connectivity index (χ0n) is 12.7. The lowest BCUT2D eigenvalue weighted by atomic mass is 10.1. The summed E-state index contributed by atoms with van der Waals surface area (Å²) in [6, 6.07) is 6.28. The van der Waals surface area contributed by atoms with Crippen LogP contribution in [0.25, 0.3) is 0 Å². The number of carbonyl (C=O) groups is 1. The van der Waals surface area contributed by atoms with E-state index in [1.807, 2.05) is 13.8 Å². The third kappa shape index (κ3) is 4.58. The highest BCUT2D eigenvalue weighted by Gasteiger charge is 2.16. The van der Waals surface area contributed by atoms with Gasteiger partial charge in [-0.3, -0.25) is 4.79 Å². The molecule has 0 fully saturated rings. The molecule has 1 amide bonds. The van der Waals surface area contributed by atoms with Crippen LogP contribution in [-0.2, 0) is 4.79 Å². The Bertz CT molecular complexity index is 425. The molecule has 0 aliphatic rings. The van der Waals surface area contributed by atoms with Gasteiger partial charge in [-0.05, 0) is 50.8 Å². The van der Waals surface area contributed by atoms with Crippen LogP contribution in [0.3, 0.4) is 0 Å². The lowest BCUT2D eigenvalue weighted by Gasteiger charge is -2.21. The van der Waals surface area contributed by atoms with E-state index < -0.39 is 0 Å². The summed E-state index contributed by atoms with van der Waals surface area (Å²) in [7, 11) is 0. The Morgan fingerprint density at radius 3 is 2.42 bits per heavy atom. The van der Waals surface area contributed by atoms with Gasteiger partial charge in [0.2, 0.25) is 5.91 Å². The largest absolute Gasteiger partial charge is 0.374 e. The molecule has 3 heteroatoms. The van der Waals surface area contributed by atoms with Gasteiger partial charge in [-0.1, -0.05) is 26.0 Å². The number of hydrogen-bond donors (Lipinski definition) is 2. The first-order valence-electron chi connectivity index (χ1n) is 7.12. The van der Waals surface area contributed by atoms with Crippen molar-refractivity contribution < 1.29 is 4.79 Å². The Balaban J connectivity index is 2.65. The summed E-state index contributed by atoms with van der Waals surface area (Å²) in [5, 5.41) is 6.36. The number of aryl methyl sites for hydroxylation is 2. The van der Waals surface area contributed by atoms with Crippen LogP contribution in [0.1, 0.15) is 44.7 Å². The molecule has 0 saturated heterocycles. The average molecular weight is 262 g/mol. The van der Waals surface area contributed by atoms with Gasteiger partial charge in [0.05, 0.1) is 0 Å². The molecular formula is C16H26N2O. The Morgan fingerprint density at radius 1 is 1.21 bits per heavy atom. The van der Waals surface area contributed by atoms with Gasteiger partial charge in [0.1, 0.15) is 6.04 Å². The monoisotopic (exact) mass is 262 g/mol. The van der Waals surface area contributed by atoms with E-state index in [0.29, 0.717) is 0 Å². The molecular weight excluding hydrogens is 236 g/mol. The van der Waals surface area contributed by atoms with Crippen molar-refractivity contribution in [1.29, 1.82) is 0 Å². The van der Waals surface area contributed by atoms with Crippen molar-refractivity contribution >= 4 is 11.6 Å². The summed E-state index contributed by atoms with van der Waals surface area (Å²) in [6.07, 6.45) is 1.94. The van der Waals surface area contributed by atoms with E-state index in [-0.39, 0.29) is 18.0 Å². The number of anilines is 1. The summed E-state index contributed by atoms with van der Waals surface area (Å²) in [6.45, 7) is 10.2. The van der Waals surface area contributed by atoms with Gasteiger partial charge in [-0.2, -0.15) is 0 Å². The molecule has 1 atom stereocenters. The van der Waals surface area contributed by atoms with Gasteiger partial charge in [0.15, 0.2) is 0 Å². The second-order valence-electron chi connectivity index (χ2n) is 5.21. The molecule has 0 aliphatic carbocycles. The molecule has 1 aromatic rings. The van der Waals surface area contributed by atoms with Crippen LogP contribution in [0.2, 0.25) is 0 Å². The number of nitrogens with one attached hydrogen (secondary N) is 2. The minimum absolute atomic E-state index is 0.0645. The number of carbonyl (C=O) groups excluding carboxylic acids is 1. The van der Waals surface area contributed by atoms with E-state index >= 15 is 0 Å². The van der Waals surface area contributed by atoms with Crippen LogP contribution >= 0.6 is 0 Å². The van der Waals surface area contributed by atoms with Crippen molar-refractivity contribution in [3.8, 4) is 0 Å². The predicted octanol–water partition coefficient (Wildman–Crippen LogP) is 3.41. The quantitative estimate of drug-likeness (QED) is 0.825. The first-order chi connectivity index (χ1) is 8.97. The van der Waals surface area contributed by atoms with Gasteiger partial charge >= 0.3 is 0 Å². The summed E-state index contributed by atoms with van der Waals surface area (Å²) < 4.78 is 0.